The molecule has 6 heteroatoms. The molecule has 2 aromatic carbocycles. The van der Waals surface area contributed by atoms with Gasteiger partial charge in [-0.2, -0.15) is 0 Å². The van der Waals surface area contributed by atoms with Gasteiger partial charge in [0, 0.05) is 11.4 Å². The van der Waals surface area contributed by atoms with Crippen molar-refractivity contribution in [3.63, 3.8) is 0 Å². The molecule has 2 rings (SSSR count). The number of carbonyl (C=O) groups is 2. The number of rotatable bonds is 5. The van der Waals surface area contributed by atoms with Crippen molar-refractivity contribution in [1.82, 2.24) is 0 Å². The highest BCUT2D eigenvalue weighted by Gasteiger charge is 2.10. The number of amides is 1. The van der Waals surface area contributed by atoms with Gasteiger partial charge in [0.15, 0.2) is 0 Å². The van der Waals surface area contributed by atoms with Crippen molar-refractivity contribution < 1.29 is 19.1 Å². The Labute approximate surface area is 134 Å². The lowest BCUT2D eigenvalue weighted by Gasteiger charge is -2.09. The summed E-state index contributed by atoms with van der Waals surface area (Å²) in [5.41, 5.74) is 7.69. The first-order chi connectivity index (χ1) is 11.0. The fraction of sp³-hybridized carbons (Fsp3) is 0.176. The Morgan fingerprint density at radius 1 is 1.09 bits per heavy atom. The van der Waals surface area contributed by atoms with E-state index in [1.807, 2.05) is 12.1 Å². The Bertz CT molecular complexity index is 711. The summed E-state index contributed by atoms with van der Waals surface area (Å²) in [6.07, 6.45) is 0.201. The number of nitrogen functional groups attached to an aromatic ring is 1. The Balaban J connectivity index is 2.07. The summed E-state index contributed by atoms with van der Waals surface area (Å²) >= 11 is 0. The van der Waals surface area contributed by atoms with E-state index in [1.165, 1.54) is 19.2 Å². The monoisotopic (exact) mass is 314 g/mol. The van der Waals surface area contributed by atoms with Crippen LogP contribution >= 0.6 is 0 Å². The van der Waals surface area contributed by atoms with E-state index >= 15 is 0 Å². The summed E-state index contributed by atoms with van der Waals surface area (Å²) in [5, 5.41) is 2.72. The number of carbonyl (C=O) groups excluding carboxylic acids is 2. The van der Waals surface area contributed by atoms with Crippen LogP contribution in [0.1, 0.15) is 15.9 Å². The zero-order valence-electron chi connectivity index (χ0n) is 13.0. The molecule has 0 heterocycles. The molecule has 0 aliphatic rings. The van der Waals surface area contributed by atoms with E-state index in [1.54, 1.807) is 25.3 Å². The maximum Gasteiger partial charge on any atom is 0.337 e. The zero-order chi connectivity index (χ0) is 16.8. The first-order valence-electron chi connectivity index (χ1n) is 6.93. The van der Waals surface area contributed by atoms with Crippen LogP contribution in [0.3, 0.4) is 0 Å². The third kappa shape index (κ3) is 4.47. The van der Waals surface area contributed by atoms with Gasteiger partial charge in [-0.3, -0.25) is 4.79 Å². The summed E-state index contributed by atoms with van der Waals surface area (Å²) in [6, 6.07) is 11.8. The molecule has 0 saturated heterocycles. The van der Waals surface area contributed by atoms with Crippen molar-refractivity contribution in [2.24, 2.45) is 0 Å². The molecule has 0 aliphatic heterocycles. The van der Waals surface area contributed by atoms with Gasteiger partial charge in [-0.1, -0.05) is 12.1 Å². The summed E-state index contributed by atoms with van der Waals surface area (Å²) in [4.78, 5) is 23.7. The van der Waals surface area contributed by atoms with Gasteiger partial charge >= 0.3 is 5.97 Å². The fourth-order valence-corrected chi connectivity index (χ4v) is 2.09. The minimum Gasteiger partial charge on any atom is -0.497 e. The molecule has 0 radical (unpaired) electrons. The number of hydrogen-bond acceptors (Lipinski definition) is 5. The summed E-state index contributed by atoms with van der Waals surface area (Å²) in [7, 11) is 2.87. The number of esters is 1. The normalized spacial score (nSPS) is 10.0. The van der Waals surface area contributed by atoms with Crippen LogP contribution in [0.5, 0.6) is 5.75 Å². The number of hydrogen-bond donors (Lipinski definition) is 2. The lowest BCUT2D eigenvalue weighted by Crippen LogP contribution is -2.15. The van der Waals surface area contributed by atoms with Gasteiger partial charge in [-0.15, -0.1) is 0 Å². The van der Waals surface area contributed by atoms with Crippen LogP contribution in [0.2, 0.25) is 0 Å². The van der Waals surface area contributed by atoms with Crippen LogP contribution in [0.4, 0.5) is 11.4 Å². The summed E-state index contributed by atoms with van der Waals surface area (Å²) in [5.74, 6) is 0.00671. The average molecular weight is 314 g/mol. The molecule has 1 amide bonds. The molecule has 6 nitrogen and oxygen atoms in total. The highest BCUT2D eigenvalue weighted by Crippen LogP contribution is 2.18. The van der Waals surface area contributed by atoms with Gasteiger partial charge < -0.3 is 20.5 Å². The molecule has 120 valence electrons. The predicted molar refractivity (Wildman–Crippen MR) is 87.5 cm³/mol. The zero-order valence-corrected chi connectivity index (χ0v) is 13.0. The molecule has 0 aliphatic carbocycles. The van der Waals surface area contributed by atoms with Gasteiger partial charge in [-0.05, 0) is 35.9 Å². The molecule has 0 unspecified atom stereocenters. The fourth-order valence-electron chi connectivity index (χ4n) is 2.09. The van der Waals surface area contributed by atoms with Crippen molar-refractivity contribution in [3.05, 3.63) is 53.6 Å². The minimum absolute atomic E-state index is 0.201. The molecule has 0 bridgehead atoms. The van der Waals surface area contributed by atoms with Crippen molar-refractivity contribution in [3.8, 4) is 5.75 Å². The molecule has 2 aromatic rings. The van der Waals surface area contributed by atoms with Crippen LogP contribution in [-0.2, 0) is 16.0 Å². The first kappa shape index (κ1) is 16.4. The van der Waals surface area contributed by atoms with Gasteiger partial charge in [0.25, 0.3) is 0 Å². The van der Waals surface area contributed by atoms with Gasteiger partial charge in [0.05, 0.1) is 26.2 Å². The van der Waals surface area contributed by atoms with Gasteiger partial charge in [-0.25, -0.2) is 4.79 Å². The van der Waals surface area contributed by atoms with Crippen molar-refractivity contribution in [1.29, 1.82) is 0 Å². The molecule has 0 aromatic heterocycles. The number of nitrogens with two attached hydrogens (primary N) is 1. The molecule has 3 N–H and O–H groups in total. The topological polar surface area (TPSA) is 90.6 Å². The van der Waals surface area contributed by atoms with Crippen LogP contribution in [0, 0.1) is 0 Å². The minimum atomic E-state index is -0.511. The van der Waals surface area contributed by atoms with Crippen molar-refractivity contribution in [2.45, 2.75) is 6.42 Å². The van der Waals surface area contributed by atoms with Gasteiger partial charge in [0.1, 0.15) is 5.75 Å². The Hall–Kier alpha value is -3.02. The quantitative estimate of drug-likeness (QED) is 0.652. The molecular weight excluding hydrogens is 296 g/mol. The number of anilines is 2. The van der Waals surface area contributed by atoms with E-state index < -0.39 is 5.97 Å². The van der Waals surface area contributed by atoms with Crippen LogP contribution in [0.25, 0.3) is 0 Å². The van der Waals surface area contributed by atoms with E-state index in [2.05, 4.69) is 10.1 Å². The Morgan fingerprint density at radius 2 is 1.78 bits per heavy atom. The molecular formula is C17H18N2O4. The number of methoxy groups -OCH3 is 2. The van der Waals surface area contributed by atoms with Crippen molar-refractivity contribution in [2.75, 3.05) is 25.3 Å². The third-order valence-electron chi connectivity index (χ3n) is 3.18. The number of benzene rings is 2. The Kier molecular flexibility index (Phi) is 5.19. The second-order valence-electron chi connectivity index (χ2n) is 4.91. The first-order valence-corrected chi connectivity index (χ1v) is 6.93. The number of nitrogens with one attached hydrogen (secondary N) is 1. The number of ether oxygens (including phenoxy) is 2. The third-order valence-corrected chi connectivity index (χ3v) is 3.18. The maximum absolute atomic E-state index is 12.1. The standard InChI is InChI=1S/C17H18N2O4/c1-22-15-5-3-11(4-6-15)7-16(20)19-14-9-12(17(21)23-2)8-13(18)10-14/h3-6,8-10H,7,18H2,1-2H3,(H,19,20). The molecule has 0 spiro atoms. The second-order valence-corrected chi connectivity index (χ2v) is 4.91. The Morgan fingerprint density at radius 3 is 2.39 bits per heavy atom. The van der Waals surface area contributed by atoms with Crippen LogP contribution in [-0.4, -0.2) is 26.1 Å². The second kappa shape index (κ2) is 7.31. The van der Waals surface area contributed by atoms with E-state index in [0.29, 0.717) is 11.4 Å². The lowest BCUT2D eigenvalue weighted by atomic mass is 10.1. The largest absolute Gasteiger partial charge is 0.497 e. The average Bonchev–Trinajstić information content (AvgIpc) is 2.54. The maximum atomic E-state index is 12.1. The highest BCUT2D eigenvalue weighted by molar-refractivity contribution is 5.96. The lowest BCUT2D eigenvalue weighted by molar-refractivity contribution is -0.115. The van der Waals surface area contributed by atoms with E-state index in [9.17, 15) is 9.59 Å². The summed E-state index contributed by atoms with van der Waals surface area (Å²) in [6.45, 7) is 0. The SMILES string of the molecule is COC(=O)c1cc(N)cc(NC(=O)Cc2ccc(OC)cc2)c1. The summed E-state index contributed by atoms with van der Waals surface area (Å²) < 4.78 is 9.72. The smallest absolute Gasteiger partial charge is 0.337 e. The molecule has 0 fully saturated rings. The molecule has 23 heavy (non-hydrogen) atoms. The van der Waals surface area contributed by atoms with E-state index in [-0.39, 0.29) is 17.9 Å². The van der Waals surface area contributed by atoms with Crippen LogP contribution in [0.15, 0.2) is 42.5 Å². The molecule has 0 saturated carbocycles. The van der Waals surface area contributed by atoms with E-state index in [0.717, 1.165) is 11.3 Å². The van der Waals surface area contributed by atoms with Crippen molar-refractivity contribution >= 4 is 23.3 Å². The van der Waals surface area contributed by atoms with E-state index in [4.69, 9.17) is 10.5 Å². The highest BCUT2D eigenvalue weighted by atomic mass is 16.5. The van der Waals surface area contributed by atoms with Crippen LogP contribution < -0.4 is 15.8 Å². The predicted octanol–water partition coefficient (Wildman–Crippen LogP) is 2.25. The molecule has 0 atom stereocenters. The van der Waals surface area contributed by atoms with Gasteiger partial charge in [0.2, 0.25) is 5.91 Å².